The molecule has 2 atom stereocenters. The molecule has 0 aliphatic carbocycles. The average molecular weight is 654 g/mol. The fraction of sp³-hybridized carbons (Fsp3) is 0.488. The largest absolute Gasteiger partial charge is 0.507 e. The lowest BCUT2D eigenvalue weighted by Crippen LogP contribution is -2.26. The van der Waals surface area contributed by atoms with Crippen LogP contribution in [0.1, 0.15) is 100 Å². The number of phenolic OH excluding ortho intramolecular Hbond substituents is 1. The van der Waals surface area contributed by atoms with Gasteiger partial charge in [-0.1, -0.05) is 112 Å². The number of aromatic hydroxyl groups is 1. The Bertz CT molecular complexity index is 1540. The number of rotatable bonds is 19. The van der Waals surface area contributed by atoms with Crippen LogP contribution >= 0.6 is 0 Å². The summed E-state index contributed by atoms with van der Waals surface area (Å²) in [6.07, 6.45) is 12.0. The molecule has 7 nitrogen and oxygen atoms in total. The third-order valence-corrected chi connectivity index (χ3v) is 8.82. The summed E-state index contributed by atoms with van der Waals surface area (Å²) in [5.41, 5.74) is 6.74. The lowest BCUT2D eigenvalue weighted by Gasteiger charge is -2.17. The second-order valence-electron chi connectivity index (χ2n) is 13.3. The van der Waals surface area contributed by atoms with Gasteiger partial charge >= 0.3 is 0 Å². The number of hydrogen-bond acceptors (Lipinski definition) is 7. The van der Waals surface area contributed by atoms with Gasteiger partial charge in [0.25, 0.3) is 0 Å². The van der Waals surface area contributed by atoms with Gasteiger partial charge in [0.1, 0.15) is 24.2 Å². The van der Waals surface area contributed by atoms with Crippen molar-refractivity contribution in [3.63, 3.8) is 0 Å². The van der Waals surface area contributed by atoms with Crippen LogP contribution in [0.4, 0.5) is 0 Å². The van der Waals surface area contributed by atoms with Gasteiger partial charge < -0.3 is 19.7 Å². The lowest BCUT2D eigenvalue weighted by molar-refractivity contribution is -0.0214. The molecule has 2 unspecified atom stereocenters. The van der Waals surface area contributed by atoms with Crippen molar-refractivity contribution in [3.05, 3.63) is 76.9 Å². The summed E-state index contributed by atoms with van der Waals surface area (Å²) >= 11 is 0. The quantitative estimate of drug-likeness (QED) is 0.0972. The summed E-state index contributed by atoms with van der Waals surface area (Å²) in [6.45, 7) is 12.8. The zero-order valence-corrected chi connectivity index (χ0v) is 29.9. The third-order valence-electron chi connectivity index (χ3n) is 8.82. The number of aromatic nitrogens is 3. The first-order valence-electron chi connectivity index (χ1n) is 17.8. The van der Waals surface area contributed by atoms with Crippen molar-refractivity contribution >= 4 is 0 Å². The van der Waals surface area contributed by atoms with E-state index in [1.54, 1.807) is 12.1 Å². The first kappa shape index (κ1) is 37.0. The molecule has 0 fully saturated rings. The number of aliphatic hydroxyl groups excluding tert-OH is 1. The Kier molecular flexibility index (Phi) is 14.4. The van der Waals surface area contributed by atoms with Crippen molar-refractivity contribution in [2.75, 3.05) is 13.2 Å². The van der Waals surface area contributed by atoms with Crippen molar-refractivity contribution < 1.29 is 19.7 Å². The minimum absolute atomic E-state index is 0.0165. The van der Waals surface area contributed by atoms with Crippen LogP contribution in [0.15, 0.2) is 54.6 Å². The molecule has 4 rings (SSSR count). The summed E-state index contributed by atoms with van der Waals surface area (Å²) < 4.78 is 11.7. The number of aryl methyl sites for hydroxylation is 4. The van der Waals surface area contributed by atoms with E-state index in [4.69, 9.17) is 24.4 Å². The summed E-state index contributed by atoms with van der Waals surface area (Å²) in [5.74, 6) is 1.88. The Labute approximate surface area is 287 Å². The maximum absolute atomic E-state index is 11.1. The number of ether oxygens (including phenoxy) is 2. The highest BCUT2D eigenvalue weighted by molar-refractivity contribution is 5.72. The summed E-state index contributed by atoms with van der Waals surface area (Å²) in [4.78, 5) is 14.5. The van der Waals surface area contributed by atoms with E-state index in [0.717, 1.165) is 46.2 Å². The van der Waals surface area contributed by atoms with Gasteiger partial charge in [0, 0.05) is 17.2 Å². The van der Waals surface area contributed by atoms with Crippen molar-refractivity contribution in [1.29, 1.82) is 0 Å². The Balaban J connectivity index is 1.36. The fourth-order valence-electron chi connectivity index (χ4n) is 6.00. The highest BCUT2D eigenvalue weighted by Crippen LogP contribution is 2.34. The lowest BCUT2D eigenvalue weighted by atomic mass is 10.0. The zero-order valence-electron chi connectivity index (χ0n) is 29.9. The third kappa shape index (κ3) is 11.1. The number of nitrogens with zero attached hydrogens (tertiary/aromatic N) is 3. The van der Waals surface area contributed by atoms with Crippen LogP contribution in [0.2, 0.25) is 0 Å². The predicted molar refractivity (Wildman–Crippen MR) is 196 cm³/mol. The predicted octanol–water partition coefficient (Wildman–Crippen LogP) is 9.88. The molecule has 1 aromatic heterocycles. The minimum Gasteiger partial charge on any atom is -0.507 e. The summed E-state index contributed by atoms with van der Waals surface area (Å²) in [5, 5.41) is 21.6. The molecule has 4 aromatic rings. The van der Waals surface area contributed by atoms with Gasteiger partial charge in [0.05, 0.1) is 18.3 Å². The topological polar surface area (TPSA) is 97.6 Å². The SMILES string of the molecule is CCCCCCCCCCCC(C)OCC(O)COc1ccc(-c2nc(-c3ccc(C)cc3C)nc(-c3ccc(C)cc3C)n2)c(O)c1. The molecule has 0 aliphatic rings. The molecular weight excluding hydrogens is 598 g/mol. The Morgan fingerprint density at radius 2 is 1.12 bits per heavy atom. The highest BCUT2D eigenvalue weighted by atomic mass is 16.5. The first-order valence-corrected chi connectivity index (χ1v) is 17.8. The van der Waals surface area contributed by atoms with E-state index in [1.807, 2.05) is 38.1 Å². The maximum atomic E-state index is 11.1. The molecule has 0 saturated heterocycles. The first-order chi connectivity index (χ1) is 23.1. The smallest absolute Gasteiger partial charge is 0.167 e. The van der Waals surface area contributed by atoms with Crippen LogP contribution in [0.3, 0.4) is 0 Å². The van der Waals surface area contributed by atoms with E-state index in [9.17, 15) is 10.2 Å². The van der Waals surface area contributed by atoms with Gasteiger partial charge in [-0.25, -0.2) is 15.0 Å². The van der Waals surface area contributed by atoms with E-state index in [1.165, 1.54) is 57.4 Å². The molecular formula is C41H55N3O4. The van der Waals surface area contributed by atoms with Crippen LogP contribution in [-0.2, 0) is 4.74 Å². The second-order valence-corrected chi connectivity index (χ2v) is 13.3. The van der Waals surface area contributed by atoms with Crippen LogP contribution in [0.5, 0.6) is 11.5 Å². The van der Waals surface area contributed by atoms with Crippen molar-refractivity contribution in [2.45, 2.75) is 118 Å². The monoisotopic (exact) mass is 653 g/mol. The van der Waals surface area contributed by atoms with Crippen LogP contribution < -0.4 is 4.74 Å². The van der Waals surface area contributed by atoms with Crippen molar-refractivity contribution in [2.24, 2.45) is 0 Å². The van der Waals surface area contributed by atoms with Crippen LogP contribution in [-0.4, -0.2) is 50.6 Å². The Morgan fingerprint density at radius 3 is 1.65 bits per heavy atom. The number of phenols is 1. The molecule has 0 amide bonds. The molecule has 0 spiro atoms. The normalized spacial score (nSPS) is 12.6. The Hall–Kier alpha value is -3.81. The highest BCUT2D eigenvalue weighted by Gasteiger charge is 2.18. The van der Waals surface area contributed by atoms with Gasteiger partial charge in [-0.05, 0) is 64.3 Å². The molecule has 0 radical (unpaired) electrons. The van der Waals surface area contributed by atoms with Crippen LogP contribution in [0.25, 0.3) is 34.2 Å². The zero-order chi connectivity index (χ0) is 34.5. The molecule has 0 saturated carbocycles. The number of hydrogen-bond donors (Lipinski definition) is 2. The van der Waals surface area contributed by atoms with Crippen molar-refractivity contribution in [1.82, 2.24) is 15.0 Å². The van der Waals surface area contributed by atoms with Gasteiger partial charge in [-0.15, -0.1) is 0 Å². The number of benzene rings is 3. The second kappa shape index (κ2) is 18.7. The molecule has 48 heavy (non-hydrogen) atoms. The van der Waals surface area contributed by atoms with Crippen LogP contribution in [0, 0.1) is 27.7 Å². The average Bonchev–Trinajstić information content (AvgIpc) is 3.05. The Morgan fingerprint density at radius 1 is 0.625 bits per heavy atom. The van der Waals surface area contributed by atoms with Gasteiger partial charge in [-0.3, -0.25) is 0 Å². The minimum atomic E-state index is -0.776. The van der Waals surface area contributed by atoms with E-state index in [-0.39, 0.29) is 25.1 Å². The molecule has 3 aromatic carbocycles. The number of aliphatic hydroxyl groups is 1. The molecule has 0 bridgehead atoms. The molecule has 258 valence electrons. The molecule has 0 aliphatic heterocycles. The van der Waals surface area contributed by atoms with E-state index in [2.05, 4.69) is 39.8 Å². The fourth-order valence-corrected chi connectivity index (χ4v) is 6.00. The standard InChI is InChI=1S/C41H55N3O4/c1-7-8-9-10-11-12-13-14-15-16-32(6)47-26-33(45)27-48-34-19-22-37(38(46)25-34)41-43-39(35-20-17-28(2)23-30(35)4)42-40(44-41)36-21-18-29(3)24-31(36)5/h17-25,32-33,45-46H,7-16,26-27H2,1-6H3. The van der Waals surface area contributed by atoms with E-state index < -0.39 is 6.10 Å². The molecule has 2 N–H and O–H groups in total. The molecule has 7 heteroatoms. The number of unbranched alkanes of at least 4 members (excludes halogenated alkanes) is 8. The molecule has 1 heterocycles. The van der Waals surface area contributed by atoms with Gasteiger partial charge in [-0.2, -0.15) is 0 Å². The van der Waals surface area contributed by atoms with E-state index in [0.29, 0.717) is 28.8 Å². The summed E-state index contributed by atoms with van der Waals surface area (Å²) in [7, 11) is 0. The van der Waals surface area contributed by atoms with Crippen molar-refractivity contribution in [3.8, 4) is 45.7 Å². The maximum Gasteiger partial charge on any atom is 0.167 e. The van der Waals surface area contributed by atoms with E-state index >= 15 is 0 Å². The summed E-state index contributed by atoms with van der Waals surface area (Å²) in [6, 6.07) is 17.4. The van der Waals surface area contributed by atoms with Gasteiger partial charge in [0.2, 0.25) is 0 Å². The van der Waals surface area contributed by atoms with Gasteiger partial charge in [0.15, 0.2) is 17.5 Å².